The Kier molecular flexibility index (Phi) is 4.77. The first-order valence-corrected chi connectivity index (χ1v) is 9.08. The number of anilines is 1. The fourth-order valence-electron chi connectivity index (χ4n) is 3.17. The number of methoxy groups -OCH3 is 1. The van der Waals surface area contributed by atoms with E-state index in [4.69, 9.17) is 4.74 Å². The summed E-state index contributed by atoms with van der Waals surface area (Å²) in [7, 11) is 1.55. The Morgan fingerprint density at radius 1 is 1.17 bits per heavy atom. The van der Waals surface area contributed by atoms with Crippen molar-refractivity contribution in [3.05, 3.63) is 71.5 Å². The van der Waals surface area contributed by atoms with E-state index in [1.165, 1.54) is 16.9 Å². The summed E-state index contributed by atoms with van der Waals surface area (Å²) in [5, 5.41) is 7.03. The summed E-state index contributed by atoms with van der Waals surface area (Å²) in [6.45, 7) is 0. The molecular weight excluding hydrogens is 383 g/mol. The summed E-state index contributed by atoms with van der Waals surface area (Å²) >= 11 is 0. The molecule has 0 saturated heterocycles. The highest BCUT2D eigenvalue weighted by Gasteiger charge is 2.34. The molecule has 0 unspecified atom stereocenters. The van der Waals surface area contributed by atoms with Gasteiger partial charge in [0.15, 0.2) is 0 Å². The number of hydrogen-bond acceptors (Lipinski definition) is 3. The van der Waals surface area contributed by atoms with Crippen molar-refractivity contribution in [1.82, 2.24) is 9.78 Å². The summed E-state index contributed by atoms with van der Waals surface area (Å²) in [6.07, 6.45) is -1.30. The summed E-state index contributed by atoms with van der Waals surface area (Å²) < 4.78 is 45.8. The van der Waals surface area contributed by atoms with Gasteiger partial charge < -0.3 is 10.1 Å². The van der Waals surface area contributed by atoms with Crippen LogP contribution < -0.4 is 10.1 Å². The monoisotopic (exact) mass is 401 g/mol. The Morgan fingerprint density at radius 3 is 2.52 bits per heavy atom. The van der Waals surface area contributed by atoms with Gasteiger partial charge in [0.2, 0.25) is 0 Å². The third-order valence-electron chi connectivity index (χ3n) is 4.78. The van der Waals surface area contributed by atoms with Crippen molar-refractivity contribution in [3.63, 3.8) is 0 Å². The second kappa shape index (κ2) is 7.27. The van der Waals surface area contributed by atoms with Crippen LogP contribution >= 0.6 is 0 Å². The first kappa shape index (κ1) is 19.0. The van der Waals surface area contributed by atoms with Gasteiger partial charge in [-0.05, 0) is 55.3 Å². The number of alkyl halides is 3. The van der Waals surface area contributed by atoms with E-state index in [-0.39, 0.29) is 17.5 Å². The molecule has 1 aliphatic rings. The van der Waals surface area contributed by atoms with Crippen LogP contribution in [0.2, 0.25) is 0 Å². The lowest BCUT2D eigenvalue weighted by atomic mass is 10.1. The lowest BCUT2D eigenvalue weighted by Gasteiger charge is -2.12. The molecular formula is C21H18F3N3O2. The standard InChI is InChI=1S/C21H18F3N3O2/c1-29-17-9-7-15(8-10-17)26-20(28)18-12-25-27(19(18)13-5-6-13)16-4-2-3-14(11-16)21(22,23)24/h2-4,7-13H,5-6H2,1H3,(H,26,28). The van der Waals surface area contributed by atoms with Crippen molar-refractivity contribution < 1.29 is 22.7 Å². The van der Waals surface area contributed by atoms with Crippen molar-refractivity contribution in [2.75, 3.05) is 12.4 Å². The number of carbonyl (C=O) groups excluding carboxylic acids is 1. The fourth-order valence-corrected chi connectivity index (χ4v) is 3.17. The molecule has 0 spiro atoms. The number of nitrogens with zero attached hydrogens (tertiary/aromatic N) is 2. The SMILES string of the molecule is COc1ccc(NC(=O)c2cnn(-c3cccc(C(F)(F)F)c3)c2C2CC2)cc1. The number of halogens is 3. The maximum atomic E-state index is 13.1. The molecule has 1 aliphatic carbocycles. The average molecular weight is 401 g/mol. The maximum Gasteiger partial charge on any atom is 0.416 e. The van der Waals surface area contributed by atoms with Gasteiger partial charge in [0.25, 0.3) is 5.91 Å². The minimum absolute atomic E-state index is 0.101. The van der Waals surface area contributed by atoms with E-state index in [1.807, 2.05) is 0 Å². The third-order valence-corrected chi connectivity index (χ3v) is 4.78. The smallest absolute Gasteiger partial charge is 0.416 e. The van der Waals surface area contributed by atoms with Crippen LogP contribution in [0.15, 0.2) is 54.7 Å². The van der Waals surface area contributed by atoms with Gasteiger partial charge in [-0.15, -0.1) is 0 Å². The highest BCUT2D eigenvalue weighted by atomic mass is 19.4. The minimum atomic E-state index is -4.45. The average Bonchev–Trinajstić information content (AvgIpc) is 3.45. The van der Waals surface area contributed by atoms with Gasteiger partial charge in [-0.25, -0.2) is 4.68 Å². The van der Waals surface area contributed by atoms with Gasteiger partial charge in [0, 0.05) is 11.6 Å². The predicted octanol–water partition coefficient (Wildman–Crippen LogP) is 5.03. The second-order valence-corrected chi connectivity index (χ2v) is 6.86. The Morgan fingerprint density at radius 2 is 1.90 bits per heavy atom. The molecule has 29 heavy (non-hydrogen) atoms. The Hall–Kier alpha value is -3.29. The Balaban J connectivity index is 1.66. The molecule has 0 radical (unpaired) electrons. The topological polar surface area (TPSA) is 56.1 Å². The van der Waals surface area contributed by atoms with Crippen LogP contribution in [0.4, 0.5) is 18.9 Å². The van der Waals surface area contributed by atoms with E-state index in [9.17, 15) is 18.0 Å². The van der Waals surface area contributed by atoms with Gasteiger partial charge in [-0.3, -0.25) is 4.79 Å². The fraction of sp³-hybridized carbons (Fsp3) is 0.238. The van der Waals surface area contributed by atoms with Crippen LogP contribution in [0.3, 0.4) is 0 Å². The molecule has 1 fully saturated rings. The molecule has 3 aromatic rings. The van der Waals surface area contributed by atoms with Crippen LogP contribution in [0, 0.1) is 0 Å². The molecule has 2 aromatic carbocycles. The van der Waals surface area contributed by atoms with Gasteiger partial charge in [-0.1, -0.05) is 6.07 Å². The quantitative estimate of drug-likeness (QED) is 0.653. The molecule has 1 aromatic heterocycles. The summed E-state index contributed by atoms with van der Waals surface area (Å²) in [6, 6.07) is 11.8. The molecule has 0 atom stereocenters. The molecule has 1 saturated carbocycles. The third kappa shape index (κ3) is 3.96. The van der Waals surface area contributed by atoms with Crippen LogP contribution in [-0.4, -0.2) is 22.8 Å². The number of nitrogens with one attached hydrogen (secondary N) is 1. The highest BCUT2D eigenvalue weighted by Crippen LogP contribution is 2.43. The summed E-state index contributed by atoms with van der Waals surface area (Å²) in [5.41, 5.74) is 1.11. The first-order chi connectivity index (χ1) is 13.9. The van der Waals surface area contributed by atoms with Crippen molar-refractivity contribution >= 4 is 11.6 Å². The normalized spacial score (nSPS) is 13.9. The first-order valence-electron chi connectivity index (χ1n) is 9.08. The number of hydrogen-bond donors (Lipinski definition) is 1. The molecule has 0 aliphatic heterocycles. The highest BCUT2D eigenvalue weighted by molar-refractivity contribution is 6.05. The van der Waals surface area contributed by atoms with Gasteiger partial charge in [0.1, 0.15) is 5.75 Å². The van der Waals surface area contributed by atoms with Crippen molar-refractivity contribution in [2.24, 2.45) is 0 Å². The van der Waals surface area contributed by atoms with Crippen LogP contribution in [-0.2, 0) is 6.18 Å². The molecule has 5 nitrogen and oxygen atoms in total. The molecule has 8 heteroatoms. The van der Waals surface area contributed by atoms with Crippen molar-refractivity contribution in [3.8, 4) is 11.4 Å². The van der Waals surface area contributed by atoms with Gasteiger partial charge >= 0.3 is 6.18 Å². The molecule has 0 bridgehead atoms. The van der Waals surface area contributed by atoms with E-state index in [2.05, 4.69) is 10.4 Å². The zero-order valence-electron chi connectivity index (χ0n) is 15.5. The zero-order chi connectivity index (χ0) is 20.6. The van der Waals surface area contributed by atoms with E-state index in [1.54, 1.807) is 37.4 Å². The largest absolute Gasteiger partial charge is 0.497 e. The molecule has 1 N–H and O–H groups in total. The summed E-state index contributed by atoms with van der Waals surface area (Å²) in [4.78, 5) is 12.8. The van der Waals surface area contributed by atoms with E-state index < -0.39 is 11.7 Å². The van der Waals surface area contributed by atoms with Gasteiger partial charge in [-0.2, -0.15) is 18.3 Å². The van der Waals surface area contributed by atoms with Gasteiger partial charge in [0.05, 0.1) is 35.8 Å². The number of benzene rings is 2. The van der Waals surface area contributed by atoms with Crippen LogP contribution in [0.25, 0.3) is 5.69 Å². The number of carbonyl (C=O) groups is 1. The number of aromatic nitrogens is 2. The predicted molar refractivity (Wildman–Crippen MR) is 101 cm³/mol. The molecule has 1 amide bonds. The number of rotatable bonds is 5. The number of ether oxygens (including phenoxy) is 1. The minimum Gasteiger partial charge on any atom is -0.497 e. The molecule has 1 heterocycles. The molecule has 150 valence electrons. The number of amides is 1. The summed E-state index contributed by atoms with van der Waals surface area (Å²) in [5.74, 6) is 0.415. The molecule has 4 rings (SSSR count). The van der Waals surface area contributed by atoms with Crippen molar-refractivity contribution in [2.45, 2.75) is 24.9 Å². The maximum absolute atomic E-state index is 13.1. The Labute approximate surface area is 165 Å². The van der Waals surface area contributed by atoms with Crippen LogP contribution in [0.5, 0.6) is 5.75 Å². The van der Waals surface area contributed by atoms with Crippen molar-refractivity contribution in [1.29, 1.82) is 0 Å². The van der Waals surface area contributed by atoms with E-state index in [0.29, 0.717) is 22.7 Å². The lowest BCUT2D eigenvalue weighted by Crippen LogP contribution is -2.14. The zero-order valence-corrected chi connectivity index (χ0v) is 15.5. The van der Waals surface area contributed by atoms with E-state index >= 15 is 0 Å². The second-order valence-electron chi connectivity index (χ2n) is 6.86. The lowest BCUT2D eigenvalue weighted by molar-refractivity contribution is -0.137. The van der Waals surface area contributed by atoms with Crippen LogP contribution in [0.1, 0.15) is 40.4 Å². The van der Waals surface area contributed by atoms with E-state index in [0.717, 1.165) is 25.0 Å². The Bertz CT molecular complexity index is 1040.